The van der Waals surface area contributed by atoms with Crippen molar-refractivity contribution < 1.29 is 14.7 Å². The number of aryl methyl sites for hydroxylation is 1. The number of halogens is 2. The van der Waals surface area contributed by atoms with E-state index < -0.39 is 0 Å². The van der Waals surface area contributed by atoms with Crippen LogP contribution in [-0.2, 0) is 9.59 Å². The molecule has 3 fully saturated rings. The van der Waals surface area contributed by atoms with Gasteiger partial charge in [0.2, 0.25) is 11.8 Å². The molecule has 6 atom stereocenters. The van der Waals surface area contributed by atoms with E-state index in [2.05, 4.69) is 31.9 Å². The lowest BCUT2D eigenvalue weighted by molar-refractivity contribution is -0.123. The van der Waals surface area contributed by atoms with Gasteiger partial charge in [-0.05, 0) is 48.9 Å². The van der Waals surface area contributed by atoms with Crippen molar-refractivity contribution in [3.63, 3.8) is 0 Å². The Labute approximate surface area is 145 Å². The SMILES string of the molecule is Cc1cc(O)ccc1N1C(=O)[C@@H]2[C@@H]3C[C@@H]([C@@H](Br)[C@@H]3Br)[C@@H]2C1=O. The Bertz CT molecular complexity index is 660. The first-order valence-electron chi connectivity index (χ1n) is 7.37. The molecular formula is C16H15Br2NO3. The summed E-state index contributed by atoms with van der Waals surface area (Å²) in [7, 11) is 0. The number of imide groups is 1. The maximum atomic E-state index is 12.9. The molecule has 0 aromatic heterocycles. The highest BCUT2D eigenvalue weighted by molar-refractivity contribution is 9.12. The summed E-state index contributed by atoms with van der Waals surface area (Å²) in [6.45, 7) is 1.80. The lowest BCUT2D eigenvalue weighted by Gasteiger charge is -2.28. The summed E-state index contributed by atoms with van der Waals surface area (Å²) in [4.78, 5) is 27.6. The van der Waals surface area contributed by atoms with Gasteiger partial charge in [-0.2, -0.15) is 0 Å². The first kappa shape index (κ1) is 14.7. The summed E-state index contributed by atoms with van der Waals surface area (Å²) >= 11 is 7.37. The minimum absolute atomic E-state index is 0.0832. The topological polar surface area (TPSA) is 57.6 Å². The number of hydrogen-bond donors (Lipinski definition) is 1. The second-order valence-corrected chi connectivity index (χ2v) is 8.60. The number of phenolic OH excluding ortho intramolecular Hbond substituents is 1. The first-order chi connectivity index (χ1) is 10.4. The van der Waals surface area contributed by atoms with Gasteiger partial charge in [0.15, 0.2) is 0 Å². The molecule has 6 heteroatoms. The Kier molecular flexibility index (Phi) is 3.21. The van der Waals surface area contributed by atoms with Crippen LogP contribution >= 0.6 is 31.9 Å². The molecule has 0 unspecified atom stereocenters. The lowest BCUT2D eigenvalue weighted by atomic mass is 9.81. The quantitative estimate of drug-likeness (QED) is 0.552. The largest absolute Gasteiger partial charge is 0.508 e. The van der Waals surface area contributed by atoms with E-state index in [9.17, 15) is 14.7 Å². The highest BCUT2D eigenvalue weighted by Gasteiger charge is 2.66. The van der Waals surface area contributed by atoms with Gasteiger partial charge in [-0.25, -0.2) is 4.90 Å². The Balaban J connectivity index is 1.76. The molecule has 1 N–H and O–H groups in total. The minimum atomic E-state index is -0.205. The molecular weight excluding hydrogens is 414 g/mol. The van der Waals surface area contributed by atoms with Gasteiger partial charge in [0.1, 0.15) is 5.75 Å². The number of carbonyl (C=O) groups is 2. The molecule has 1 aromatic carbocycles. The minimum Gasteiger partial charge on any atom is -0.508 e. The maximum absolute atomic E-state index is 12.9. The maximum Gasteiger partial charge on any atom is 0.238 e. The Hall–Kier alpha value is -0.880. The number of phenols is 1. The van der Waals surface area contributed by atoms with E-state index in [4.69, 9.17) is 0 Å². The molecule has 1 heterocycles. The Morgan fingerprint density at radius 2 is 1.64 bits per heavy atom. The number of rotatable bonds is 1. The predicted octanol–water partition coefficient (Wildman–Crippen LogP) is 2.98. The summed E-state index contributed by atoms with van der Waals surface area (Å²) in [5.74, 6) is 0.00572. The smallest absolute Gasteiger partial charge is 0.238 e. The monoisotopic (exact) mass is 427 g/mol. The van der Waals surface area contributed by atoms with Gasteiger partial charge in [0.25, 0.3) is 0 Å². The van der Waals surface area contributed by atoms with Crippen molar-refractivity contribution in [1.82, 2.24) is 0 Å². The number of alkyl halides is 2. The third-order valence-electron chi connectivity index (χ3n) is 5.41. The summed E-state index contributed by atoms with van der Waals surface area (Å²) in [6, 6.07) is 4.76. The number of amides is 2. The molecule has 4 rings (SSSR count). The summed E-state index contributed by atoms with van der Waals surface area (Å²) in [5.41, 5.74) is 1.33. The van der Waals surface area contributed by atoms with E-state index in [-0.39, 0.29) is 50.9 Å². The zero-order chi connectivity index (χ0) is 15.8. The molecule has 22 heavy (non-hydrogen) atoms. The van der Waals surface area contributed by atoms with Crippen molar-refractivity contribution in [1.29, 1.82) is 0 Å². The highest BCUT2D eigenvalue weighted by atomic mass is 79.9. The van der Waals surface area contributed by atoms with Crippen LogP contribution in [0.1, 0.15) is 12.0 Å². The fourth-order valence-corrected chi connectivity index (χ4v) is 6.35. The molecule has 116 valence electrons. The van der Waals surface area contributed by atoms with Gasteiger partial charge < -0.3 is 5.11 Å². The molecule has 1 saturated heterocycles. The molecule has 4 nitrogen and oxygen atoms in total. The lowest BCUT2D eigenvalue weighted by Crippen LogP contribution is -2.37. The van der Waals surface area contributed by atoms with E-state index in [1.807, 2.05) is 0 Å². The summed E-state index contributed by atoms with van der Waals surface area (Å²) in [6.07, 6.45) is 0.932. The van der Waals surface area contributed by atoms with Crippen molar-refractivity contribution in [3.8, 4) is 5.75 Å². The molecule has 3 aliphatic rings. The summed E-state index contributed by atoms with van der Waals surface area (Å²) in [5, 5.41) is 9.54. The molecule has 1 aromatic rings. The second-order valence-electron chi connectivity index (χ2n) is 6.49. The average Bonchev–Trinajstić information content (AvgIpc) is 3.06. The number of benzene rings is 1. The van der Waals surface area contributed by atoms with Crippen LogP contribution in [0.2, 0.25) is 0 Å². The van der Waals surface area contributed by atoms with Crippen molar-refractivity contribution >= 4 is 49.4 Å². The number of nitrogens with zero attached hydrogens (tertiary/aromatic N) is 1. The normalized spacial score (nSPS) is 39.7. The van der Waals surface area contributed by atoms with Gasteiger partial charge in [0, 0.05) is 9.65 Å². The van der Waals surface area contributed by atoms with Gasteiger partial charge in [0.05, 0.1) is 17.5 Å². The van der Waals surface area contributed by atoms with Crippen molar-refractivity contribution in [2.24, 2.45) is 23.7 Å². The molecule has 0 radical (unpaired) electrons. The molecule has 2 bridgehead atoms. The van der Waals surface area contributed by atoms with E-state index in [0.29, 0.717) is 5.69 Å². The van der Waals surface area contributed by atoms with E-state index in [0.717, 1.165) is 12.0 Å². The zero-order valence-corrected chi connectivity index (χ0v) is 15.0. The van der Waals surface area contributed by atoms with Crippen molar-refractivity contribution in [2.45, 2.75) is 23.0 Å². The number of fused-ring (bicyclic) bond motifs is 5. The zero-order valence-electron chi connectivity index (χ0n) is 11.9. The third-order valence-corrected chi connectivity index (χ3v) is 8.62. The van der Waals surface area contributed by atoms with Gasteiger partial charge in [-0.15, -0.1) is 0 Å². The fourth-order valence-electron chi connectivity index (χ4n) is 4.48. The van der Waals surface area contributed by atoms with E-state index in [1.165, 1.54) is 11.0 Å². The van der Waals surface area contributed by atoms with Gasteiger partial charge in [-0.1, -0.05) is 31.9 Å². The molecule has 1 aliphatic heterocycles. The van der Waals surface area contributed by atoms with Crippen LogP contribution in [-0.4, -0.2) is 26.6 Å². The van der Waals surface area contributed by atoms with E-state index >= 15 is 0 Å². The predicted molar refractivity (Wildman–Crippen MR) is 89.3 cm³/mol. The van der Waals surface area contributed by atoms with Crippen LogP contribution in [0.25, 0.3) is 0 Å². The van der Waals surface area contributed by atoms with Crippen LogP contribution in [0.15, 0.2) is 18.2 Å². The van der Waals surface area contributed by atoms with Gasteiger partial charge >= 0.3 is 0 Å². The Morgan fingerprint density at radius 3 is 2.14 bits per heavy atom. The van der Waals surface area contributed by atoms with Crippen LogP contribution in [0, 0.1) is 30.6 Å². The third kappa shape index (κ3) is 1.74. The highest BCUT2D eigenvalue weighted by Crippen LogP contribution is 2.60. The second kappa shape index (κ2) is 4.81. The summed E-state index contributed by atoms with van der Waals surface area (Å²) < 4.78 is 0. The molecule has 2 amide bonds. The van der Waals surface area contributed by atoms with E-state index in [1.54, 1.807) is 19.1 Å². The number of hydrogen-bond acceptors (Lipinski definition) is 3. The van der Waals surface area contributed by atoms with Crippen LogP contribution in [0.3, 0.4) is 0 Å². The Morgan fingerprint density at radius 1 is 1.09 bits per heavy atom. The molecule has 0 spiro atoms. The van der Waals surface area contributed by atoms with Crippen LogP contribution in [0.5, 0.6) is 5.75 Å². The number of aromatic hydroxyl groups is 1. The standard InChI is InChI=1S/C16H15Br2NO3/c1-6-4-7(20)2-3-10(6)19-15(21)11-8-5-9(12(11)16(19)22)14(18)13(8)17/h2-4,8-9,11-14,20H,5H2,1H3/t8-,9+,11+,12-,13-,14-/m1/s1. The van der Waals surface area contributed by atoms with Crippen molar-refractivity contribution in [2.75, 3.05) is 4.90 Å². The van der Waals surface area contributed by atoms with Crippen LogP contribution < -0.4 is 4.90 Å². The average molecular weight is 429 g/mol. The van der Waals surface area contributed by atoms with Crippen molar-refractivity contribution in [3.05, 3.63) is 23.8 Å². The molecule has 2 aliphatic carbocycles. The van der Waals surface area contributed by atoms with Crippen LogP contribution in [0.4, 0.5) is 5.69 Å². The first-order valence-corrected chi connectivity index (χ1v) is 9.20. The number of carbonyl (C=O) groups excluding carboxylic acids is 2. The fraction of sp³-hybridized carbons (Fsp3) is 0.500. The molecule has 2 saturated carbocycles. The van der Waals surface area contributed by atoms with Gasteiger partial charge in [-0.3, -0.25) is 9.59 Å². The number of anilines is 1.